The molecule has 1 aromatic carbocycles. The van der Waals surface area contributed by atoms with Crippen molar-refractivity contribution in [1.29, 1.82) is 0 Å². The van der Waals surface area contributed by atoms with Gasteiger partial charge in [0.15, 0.2) is 0 Å². The predicted octanol–water partition coefficient (Wildman–Crippen LogP) is 2.89. The van der Waals surface area contributed by atoms with Gasteiger partial charge in [-0.2, -0.15) is 0 Å². The predicted molar refractivity (Wildman–Crippen MR) is 97.9 cm³/mol. The van der Waals surface area contributed by atoms with E-state index in [2.05, 4.69) is 39.6 Å². The Morgan fingerprint density at radius 1 is 1.12 bits per heavy atom. The molecular formula is C19H21N5O. The van der Waals surface area contributed by atoms with E-state index in [1.165, 1.54) is 4.90 Å². The Morgan fingerprint density at radius 3 is 2.44 bits per heavy atom. The van der Waals surface area contributed by atoms with Gasteiger partial charge < -0.3 is 14.8 Å². The van der Waals surface area contributed by atoms with Crippen LogP contribution in [0.25, 0.3) is 5.69 Å². The number of hydrogen-bond acceptors (Lipinski definition) is 4. The van der Waals surface area contributed by atoms with Gasteiger partial charge in [0.25, 0.3) is 5.91 Å². The molecule has 0 aliphatic heterocycles. The second kappa shape index (κ2) is 7.17. The maximum absolute atomic E-state index is 11.8. The maximum Gasteiger partial charge on any atom is 0.254 e. The molecule has 0 spiro atoms. The average Bonchev–Trinajstić information content (AvgIpc) is 3.06. The smallest absolute Gasteiger partial charge is 0.254 e. The molecule has 0 saturated heterocycles. The molecule has 0 radical (unpaired) electrons. The molecular weight excluding hydrogens is 314 g/mol. The van der Waals surface area contributed by atoms with Crippen molar-refractivity contribution in [1.82, 2.24) is 19.4 Å². The zero-order chi connectivity index (χ0) is 17.8. The molecule has 25 heavy (non-hydrogen) atoms. The van der Waals surface area contributed by atoms with Gasteiger partial charge in [-0.25, -0.2) is 9.97 Å². The summed E-state index contributed by atoms with van der Waals surface area (Å²) in [7, 11) is 3.45. The minimum Gasteiger partial charge on any atom is -0.366 e. The summed E-state index contributed by atoms with van der Waals surface area (Å²) in [5, 5.41) is 3.27. The van der Waals surface area contributed by atoms with Crippen LogP contribution in [0.3, 0.4) is 0 Å². The summed E-state index contributed by atoms with van der Waals surface area (Å²) < 4.78 is 2.04. The number of anilines is 1. The third-order valence-electron chi connectivity index (χ3n) is 3.93. The van der Waals surface area contributed by atoms with Gasteiger partial charge in [0.05, 0.1) is 5.56 Å². The number of carbonyl (C=O) groups excluding carboxylic acids is 1. The Hall–Kier alpha value is -3.15. The van der Waals surface area contributed by atoms with Crippen molar-refractivity contribution in [3.05, 3.63) is 71.9 Å². The number of nitrogens with one attached hydrogen (secondary N) is 1. The number of aromatic nitrogens is 3. The summed E-state index contributed by atoms with van der Waals surface area (Å²) in [6, 6.07) is 11.9. The highest BCUT2D eigenvalue weighted by molar-refractivity contribution is 5.93. The Balaban J connectivity index is 1.62. The minimum absolute atomic E-state index is 0.0515. The summed E-state index contributed by atoms with van der Waals surface area (Å²) in [6.45, 7) is 2.64. The maximum atomic E-state index is 11.8. The summed E-state index contributed by atoms with van der Waals surface area (Å²) >= 11 is 0. The molecule has 1 N–H and O–H groups in total. The van der Waals surface area contributed by atoms with E-state index in [0.717, 1.165) is 22.9 Å². The number of rotatable bonds is 5. The molecule has 3 aromatic rings. The number of imidazole rings is 1. The van der Waals surface area contributed by atoms with Gasteiger partial charge in [-0.15, -0.1) is 0 Å². The van der Waals surface area contributed by atoms with Crippen molar-refractivity contribution < 1.29 is 4.79 Å². The largest absolute Gasteiger partial charge is 0.366 e. The van der Waals surface area contributed by atoms with Crippen LogP contribution >= 0.6 is 0 Å². The van der Waals surface area contributed by atoms with Gasteiger partial charge in [0, 0.05) is 44.9 Å². The molecule has 2 heterocycles. The minimum atomic E-state index is -0.0515. The lowest BCUT2D eigenvalue weighted by Crippen LogP contribution is -2.21. The highest BCUT2D eigenvalue weighted by Crippen LogP contribution is 2.13. The van der Waals surface area contributed by atoms with Gasteiger partial charge in [-0.05, 0) is 36.8 Å². The van der Waals surface area contributed by atoms with Gasteiger partial charge >= 0.3 is 0 Å². The standard InChI is InChI=1S/C19H21N5O/c1-14-20-10-11-24(14)17-7-4-15(5-8-17)12-21-18-9-6-16(13-22-18)19(25)23(2)3/h4-11,13H,12H2,1-3H3,(H,21,22). The fourth-order valence-electron chi connectivity index (χ4n) is 2.50. The van der Waals surface area contributed by atoms with Crippen molar-refractivity contribution in [2.45, 2.75) is 13.5 Å². The van der Waals surface area contributed by atoms with Crippen LogP contribution in [-0.4, -0.2) is 39.4 Å². The van der Waals surface area contributed by atoms with Crippen LogP contribution in [0.4, 0.5) is 5.82 Å². The number of pyridine rings is 1. The molecule has 128 valence electrons. The Morgan fingerprint density at radius 2 is 1.88 bits per heavy atom. The molecule has 6 heteroatoms. The second-order valence-corrected chi connectivity index (χ2v) is 6.00. The van der Waals surface area contributed by atoms with Crippen molar-refractivity contribution in [2.75, 3.05) is 19.4 Å². The van der Waals surface area contributed by atoms with E-state index < -0.39 is 0 Å². The molecule has 0 atom stereocenters. The summed E-state index contributed by atoms with van der Waals surface area (Å²) in [6.07, 6.45) is 5.33. The third-order valence-corrected chi connectivity index (χ3v) is 3.93. The zero-order valence-corrected chi connectivity index (χ0v) is 14.6. The van der Waals surface area contributed by atoms with E-state index in [0.29, 0.717) is 12.1 Å². The van der Waals surface area contributed by atoms with Crippen LogP contribution in [0.1, 0.15) is 21.7 Å². The van der Waals surface area contributed by atoms with E-state index in [9.17, 15) is 4.79 Å². The number of hydrogen-bond donors (Lipinski definition) is 1. The first-order valence-electron chi connectivity index (χ1n) is 8.05. The van der Waals surface area contributed by atoms with Crippen LogP contribution in [0.15, 0.2) is 55.0 Å². The topological polar surface area (TPSA) is 63.1 Å². The highest BCUT2D eigenvalue weighted by Gasteiger charge is 2.08. The number of nitrogens with zero attached hydrogens (tertiary/aromatic N) is 4. The van der Waals surface area contributed by atoms with E-state index in [1.54, 1.807) is 32.6 Å². The van der Waals surface area contributed by atoms with E-state index in [1.807, 2.05) is 23.8 Å². The van der Waals surface area contributed by atoms with Crippen molar-refractivity contribution in [2.24, 2.45) is 0 Å². The molecule has 1 amide bonds. The molecule has 0 aliphatic rings. The monoisotopic (exact) mass is 335 g/mol. The van der Waals surface area contributed by atoms with Crippen LogP contribution in [-0.2, 0) is 6.54 Å². The fourth-order valence-corrected chi connectivity index (χ4v) is 2.50. The molecule has 0 fully saturated rings. The summed E-state index contributed by atoms with van der Waals surface area (Å²) in [5.41, 5.74) is 2.82. The van der Waals surface area contributed by atoms with E-state index >= 15 is 0 Å². The van der Waals surface area contributed by atoms with E-state index in [-0.39, 0.29) is 5.91 Å². The van der Waals surface area contributed by atoms with E-state index in [4.69, 9.17) is 0 Å². The second-order valence-electron chi connectivity index (χ2n) is 6.00. The SMILES string of the molecule is Cc1nccn1-c1ccc(CNc2ccc(C(=O)N(C)C)cn2)cc1. The molecule has 0 unspecified atom stereocenters. The first-order valence-corrected chi connectivity index (χ1v) is 8.05. The third kappa shape index (κ3) is 3.85. The fraction of sp³-hybridized carbons (Fsp3) is 0.211. The molecule has 0 bridgehead atoms. The van der Waals surface area contributed by atoms with Gasteiger partial charge in [-0.3, -0.25) is 4.79 Å². The average molecular weight is 335 g/mol. The van der Waals surface area contributed by atoms with Crippen molar-refractivity contribution in [3.63, 3.8) is 0 Å². The lowest BCUT2D eigenvalue weighted by molar-refractivity contribution is 0.0827. The lowest BCUT2D eigenvalue weighted by Gasteiger charge is -2.11. The van der Waals surface area contributed by atoms with Crippen molar-refractivity contribution >= 4 is 11.7 Å². The highest BCUT2D eigenvalue weighted by atomic mass is 16.2. The Kier molecular flexibility index (Phi) is 4.79. The van der Waals surface area contributed by atoms with Crippen LogP contribution in [0, 0.1) is 6.92 Å². The number of carbonyl (C=O) groups is 1. The number of benzene rings is 1. The first-order chi connectivity index (χ1) is 12.0. The zero-order valence-electron chi connectivity index (χ0n) is 14.6. The summed E-state index contributed by atoms with van der Waals surface area (Å²) in [5.74, 6) is 1.65. The lowest BCUT2D eigenvalue weighted by atomic mass is 10.2. The number of amides is 1. The Bertz CT molecular complexity index is 850. The molecule has 0 saturated carbocycles. The molecule has 6 nitrogen and oxygen atoms in total. The summed E-state index contributed by atoms with van der Waals surface area (Å²) in [4.78, 5) is 21.9. The Labute approximate surface area is 147 Å². The molecule has 0 aliphatic carbocycles. The quantitative estimate of drug-likeness (QED) is 0.779. The molecule has 2 aromatic heterocycles. The molecule has 3 rings (SSSR count). The van der Waals surface area contributed by atoms with Crippen LogP contribution < -0.4 is 5.32 Å². The van der Waals surface area contributed by atoms with Crippen LogP contribution in [0.2, 0.25) is 0 Å². The van der Waals surface area contributed by atoms with Gasteiger partial charge in [-0.1, -0.05) is 12.1 Å². The van der Waals surface area contributed by atoms with Gasteiger partial charge in [0.2, 0.25) is 0 Å². The number of aryl methyl sites for hydroxylation is 1. The van der Waals surface area contributed by atoms with Crippen molar-refractivity contribution in [3.8, 4) is 5.69 Å². The van der Waals surface area contributed by atoms with Crippen LogP contribution in [0.5, 0.6) is 0 Å². The van der Waals surface area contributed by atoms with Gasteiger partial charge in [0.1, 0.15) is 11.6 Å². The first kappa shape index (κ1) is 16.7. The normalized spacial score (nSPS) is 10.5.